The molecule has 1 amide bonds. The SMILES string of the molecule is CCOC(=O)c1c(NC(=O)CON=Cc2cccs2)sc2c1CCCC2. The fourth-order valence-electron chi connectivity index (χ4n) is 2.79. The number of anilines is 1. The number of rotatable bonds is 7. The summed E-state index contributed by atoms with van der Waals surface area (Å²) < 4.78 is 5.18. The third-order valence-electron chi connectivity index (χ3n) is 3.90. The molecule has 0 aromatic carbocycles. The Bertz CT molecular complexity index is 796. The summed E-state index contributed by atoms with van der Waals surface area (Å²) in [5, 5.41) is 9.05. The Kier molecular flexibility index (Phi) is 6.40. The zero-order valence-electron chi connectivity index (χ0n) is 14.4. The number of carbonyl (C=O) groups excluding carboxylic acids is 2. The number of thiophene rings is 2. The van der Waals surface area contributed by atoms with Crippen LogP contribution in [0.15, 0.2) is 22.7 Å². The van der Waals surface area contributed by atoms with Gasteiger partial charge in [0.1, 0.15) is 5.00 Å². The number of ether oxygens (including phenoxy) is 1. The Balaban J connectivity index is 1.65. The third-order valence-corrected chi connectivity index (χ3v) is 5.91. The van der Waals surface area contributed by atoms with E-state index in [2.05, 4.69) is 10.5 Å². The number of fused-ring (bicyclic) bond motifs is 1. The van der Waals surface area contributed by atoms with Crippen molar-refractivity contribution in [3.05, 3.63) is 38.4 Å². The molecule has 1 aliphatic carbocycles. The summed E-state index contributed by atoms with van der Waals surface area (Å²) in [6, 6.07) is 3.81. The van der Waals surface area contributed by atoms with Gasteiger partial charge in [0.2, 0.25) is 0 Å². The first-order valence-corrected chi connectivity index (χ1v) is 10.2. The molecule has 138 valence electrons. The lowest BCUT2D eigenvalue weighted by Crippen LogP contribution is -2.19. The highest BCUT2D eigenvalue weighted by Crippen LogP contribution is 2.38. The molecular formula is C18H20N2O4S2. The fourth-order valence-corrected chi connectivity index (χ4v) is 4.65. The molecule has 0 unspecified atom stereocenters. The predicted molar refractivity (Wildman–Crippen MR) is 103 cm³/mol. The van der Waals surface area contributed by atoms with Gasteiger partial charge in [0, 0.05) is 9.75 Å². The molecule has 6 nitrogen and oxygen atoms in total. The quantitative estimate of drug-likeness (QED) is 0.441. The van der Waals surface area contributed by atoms with E-state index in [1.54, 1.807) is 13.1 Å². The van der Waals surface area contributed by atoms with Gasteiger partial charge in [-0.1, -0.05) is 11.2 Å². The van der Waals surface area contributed by atoms with Crippen LogP contribution in [-0.4, -0.2) is 31.3 Å². The van der Waals surface area contributed by atoms with E-state index >= 15 is 0 Å². The number of hydrogen-bond acceptors (Lipinski definition) is 7. The van der Waals surface area contributed by atoms with Gasteiger partial charge in [-0.3, -0.25) is 4.79 Å². The van der Waals surface area contributed by atoms with Crippen LogP contribution in [0.25, 0.3) is 0 Å². The minimum Gasteiger partial charge on any atom is -0.462 e. The summed E-state index contributed by atoms with van der Waals surface area (Å²) in [5.41, 5.74) is 1.52. The molecule has 8 heteroatoms. The maximum Gasteiger partial charge on any atom is 0.341 e. The molecule has 2 aromatic heterocycles. The van der Waals surface area contributed by atoms with Crippen molar-refractivity contribution in [2.45, 2.75) is 32.6 Å². The maximum absolute atomic E-state index is 12.4. The molecule has 2 aromatic rings. The third kappa shape index (κ3) is 4.50. The predicted octanol–water partition coefficient (Wildman–Crippen LogP) is 3.85. The minimum atomic E-state index is -0.376. The van der Waals surface area contributed by atoms with E-state index < -0.39 is 0 Å². The molecule has 0 saturated carbocycles. The van der Waals surface area contributed by atoms with Crippen LogP contribution in [0.1, 0.15) is 45.4 Å². The number of esters is 1. The average Bonchev–Trinajstić information content (AvgIpc) is 3.26. The molecule has 26 heavy (non-hydrogen) atoms. The highest BCUT2D eigenvalue weighted by atomic mass is 32.1. The summed E-state index contributed by atoms with van der Waals surface area (Å²) in [4.78, 5) is 31.7. The van der Waals surface area contributed by atoms with Gasteiger partial charge in [-0.25, -0.2) is 4.79 Å². The van der Waals surface area contributed by atoms with Crippen LogP contribution < -0.4 is 5.32 Å². The van der Waals surface area contributed by atoms with E-state index in [4.69, 9.17) is 9.57 Å². The molecule has 0 radical (unpaired) electrons. The second kappa shape index (κ2) is 8.95. The molecule has 2 heterocycles. The first kappa shape index (κ1) is 18.6. The van der Waals surface area contributed by atoms with Gasteiger partial charge in [0.05, 0.1) is 18.4 Å². The first-order chi connectivity index (χ1) is 12.7. The van der Waals surface area contributed by atoms with E-state index in [1.807, 2.05) is 17.5 Å². The fraction of sp³-hybridized carbons (Fsp3) is 0.389. The summed E-state index contributed by atoms with van der Waals surface area (Å²) in [6.07, 6.45) is 5.49. The number of amides is 1. The lowest BCUT2D eigenvalue weighted by molar-refractivity contribution is -0.120. The second-order valence-corrected chi connectivity index (χ2v) is 7.79. The highest BCUT2D eigenvalue weighted by molar-refractivity contribution is 7.17. The monoisotopic (exact) mass is 392 g/mol. The van der Waals surface area contributed by atoms with Crippen molar-refractivity contribution >= 4 is 45.8 Å². The second-order valence-electron chi connectivity index (χ2n) is 5.71. The normalized spacial score (nSPS) is 13.4. The van der Waals surface area contributed by atoms with Crippen LogP contribution in [0.3, 0.4) is 0 Å². The number of aryl methyl sites for hydroxylation is 1. The summed E-state index contributed by atoms with van der Waals surface area (Å²) >= 11 is 2.99. The number of hydrogen-bond donors (Lipinski definition) is 1. The van der Waals surface area contributed by atoms with Crippen LogP contribution in [0.5, 0.6) is 0 Å². The number of carbonyl (C=O) groups is 2. The van der Waals surface area contributed by atoms with Gasteiger partial charge in [-0.2, -0.15) is 0 Å². The molecule has 0 fully saturated rings. The number of oxime groups is 1. The Hall–Kier alpha value is -2.19. The lowest BCUT2D eigenvalue weighted by atomic mass is 9.95. The van der Waals surface area contributed by atoms with Gasteiger partial charge in [0.25, 0.3) is 5.91 Å². The van der Waals surface area contributed by atoms with E-state index in [1.165, 1.54) is 22.7 Å². The smallest absolute Gasteiger partial charge is 0.341 e. The van der Waals surface area contributed by atoms with Crippen LogP contribution >= 0.6 is 22.7 Å². The van der Waals surface area contributed by atoms with Crippen LogP contribution in [0.2, 0.25) is 0 Å². The standard InChI is InChI=1S/C18H20N2O4S2/c1-2-23-18(22)16-13-7-3-4-8-14(13)26-17(16)20-15(21)11-24-19-10-12-6-5-9-25-12/h5-6,9-10H,2-4,7-8,11H2,1H3,(H,20,21). The molecule has 0 atom stereocenters. The van der Waals surface area contributed by atoms with Crippen molar-refractivity contribution in [1.29, 1.82) is 0 Å². The molecule has 3 rings (SSSR count). The highest BCUT2D eigenvalue weighted by Gasteiger charge is 2.27. The summed E-state index contributed by atoms with van der Waals surface area (Å²) in [6.45, 7) is 1.86. The summed E-state index contributed by atoms with van der Waals surface area (Å²) in [5.74, 6) is -0.726. The van der Waals surface area contributed by atoms with Crippen molar-refractivity contribution in [3.8, 4) is 0 Å². The minimum absolute atomic E-state index is 0.216. The van der Waals surface area contributed by atoms with Crippen molar-refractivity contribution in [2.75, 3.05) is 18.5 Å². The Morgan fingerprint density at radius 1 is 1.35 bits per heavy atom. The van der Waals surface area contributed by atoms with E-state index in [-0.39, 0.29) is 18.5 Å². The van der Waals surface area contributed by atoms with Crippen LogP contribution in [0.4, 0.5) is 5.00 Å². The molecular weight excluding hydrogens is 372 g/mol. The van der Waals surface area contributed by atoms with E-state index in [0.29, 0.717) is 17.2 Å². The van der Waals surface area contributed by atoms with Crippen LogP contribution in [-0.2, 0) is 27.2 Å². The van der Waals surface area contributed by atoms with Gasteiger partial charge in [-0.15, -0.1) is 22.7 Å². The Morgan fingerprint density at radius 2 is 2.19 bits per heavy atom. The van der Waals surface area contributed by atoms with Crippen molar-refractivity contribution in [1.82, 2.24) is 0 Å². The zero-order valence-corrected chi connectivity index (χ0v) is 16.1. The largest absolute Gasteiger partial charge is 0.462 e. The Labute approximate surface area is 159 Å². The van der Waals surface area contributed by atoms with Crippen LogP contribution in [0, 0.1) is 0 Å². The molecule has 0 aliphatic heterocycles. The molecule has 1 N–H and O–H groups in total. The Morgan fingerprint density at radius 3 is 2.96 bits per heavy atom. The lowest BCUT2D eigenvalue weighted by Gasteiger charge is -2.12. The van der Waals surface area contributed by atoms with Gasteiger partial charge in [0.15, 0.2) is 6.61 Å². The van der Waals surface area contributed by atoms with Gasteiger partial charge in [-0.05, 0) is 49.6 Å². The number of nitrogens with one attached hydrogen (secondary N) is 1. The van der Waals surface area contributed by atoms with Crippen molar-refractivity contribution < 1.29 is 19.2 Å². The van der Waals surface area contributed by atoms with Crippen molar-refractivity contribution in [3.63, 3.8) is 0 Å². The zero-order chi connectivity index (χ0) is 18.4. The van der Waals surface area contributed by atoms with Crippen molar-refractivity contribution in [2.24, 2.45) is 5.16 Å². The van der Waals surface area contributed by atoms with Gasteiger partial charge >= 0.3 is 5.97 Å². The topological polar surface area (TPSA) is 77.0 Å². The average molecular weight is 393 g/mol. The first-order valence-electron chi connectivity index (χ1n) is 8.49. The summed E-state index contributed by atoms with van der Waals surface area (Å²) in [7, 11) is 0. The maximum atomic E-state index is 12.4. The molecule has 1 aliphatic rings. The van der Waals surface area contributed by atoms with E-state index in [0.717, 1.165) is 41.0 Å². The molecule has 0 bridgehead atoms. The molecule has 0 spiro atoms. The molecule has 0 saturated heterocycles. The van der Waals surface area contributed by atoms with Gasteiger partial charge < -0.3 is 14.9 Å². The van der Waals surface area contributed by atoms with E-state index in [9.17, 15) is 9.59 Å². The number of nitrogens with zero attached hydrogens (tertiary/aromatic N) is 1.